The Labute approximate surface area is 153 Å². The minimum Gasteiger partial charge on any atom is -0.508 e. The molecule has 3 amide bonds. The summed E-state index contributed by atoms with van der Waals surface area (Å²) in [5.41, 5.74) is 6.50. The van der Waals surface area contributed by atoms with E-state index in [1.807, 2.05) is 0 Å². The molecule has 1 rings (SSSR count). The Balaban J connectivity index is 2.33. The molecule has 0 radical (unpaired) electrons. The van der Waals surface area contributed by atoms with Gasteiger partial charge in [0, 0.05) is 19.6 Å². The summed E-state index contributed by atoms with van der Waals surface area (Å²) in [7, 11) is 1.72. The minimum absolute atomic E-state index is 0.0498. The second-order valence-electron chi connectivity index (χ2n) is 5.62. The third kappa shape index (κ3) is 8.34. The molecule has 1 aromatic carbocycles. The van der Waals surface area contributed by atoms with Gasteiger partial charge in [0.05, 0.1) is 6.04 Å². The third-order valence-corrected chi connectivity index (χ3v) is 3.58. The fraction of sp³-hybridized carbons (Fsp3) is 0.471. The van der Waals surface area contributed by atoms with Gasteiger partial charge in [0.1, 0.15) is 5.75 Å². The van der Waals surface area contributed by atoms with Crippen molar-refractivity contribution in [3.63, 3.8) is 0 Å². The summed E-state index contributed by atoms with van der Waals surface area (Å²) in [4.78, 5) is 27.5. The predicted octanol–water partition coefficient (Wildman–Crippen LogP) is 0.0104. The van der Waals surface area contributed by atoms with E-state index in [4.69, 9.17) is 5.73 Å². The Bertz CT molecular complexity index is 603. The first kappa shape index (κ1) is 21.2. The summed E-state index contributed by atoms with van der Waals surface area (Å²) in [6.45, 7) is 3.10. The van der Waals surface area contributed by atoms with Crippen LogP contribution in [0.15, 0.2) is 29.3 Å². The largest absolute Gasteiger partial charge is 0.508 e. The molecular formula is C17H28N6O3. The topological polar surface area (TPSA) is 141 Å². The van der Waals surface area contributed by atoms with Crippen LogP contribution in [0.4, 0.5) is 4.79 Å². The van der Waals surface area contributed by atoms with Crippen molar-refractivity contribution in [1.82, 2.24) is 21.3 Å². The molecule has 0 aliphatic carbocycles. The van der Waals surface area contributed by atoms with Crippen LogP contribution >= 0.6 is 0 Å². The van der Waals surface area contributed by atoms with Gasteiger partial charge in [-0.3, -0.25) is 15.1 Å². The molecule has 1 unspecified atom stereocenters. The second kappa shape index (κ2) is 11.7. The van der Waals surface area contributed by atoms with Gasteiger partial charge in [-0.05, 0) is 44.5 Å². The highest BCUT2D eigenvalue weighted by atomic mass is 16.3. The monoisotopic (exact) mass is 364 g/mol. The molecular weight excluding hydrogens is 336 g/mol. The fourth-order valence-electron chi connectivity index (χ4n) is 2.19. The van der Waals surface area contributed by atoms with Gasteiger partial charge in [-0.15, -0.1) is 0 Å². The Morgan fingerprint density at radius 1 is 1.23 bits per heavy atom. The van der Waals surface area contributed by atoms with E-state index in [2.05, 4.69) is 26.3 Å². The zero-order valence-corrected chi connectivity index (χ0v) is 15.2. The van der Waals surface area contributed by atoms with Crippen molar-refractivity contribution in [2.45, 2.75) is 32.4 Å². The van der Waals surface area contributed by atoms with Gasteiger partial charge in [0.2, 0.25) is 5.91 Å². The number of hydrogen-bond donors (Lipinski definition) is 6. The first-order valence-corrected chi connectivity index (χ1v) is 8.54. The van der Waals surface area contributed by atoms with Crippen LogP contribution < -0.4 is 27.0 Å². The minimum atomic E-state index is -0.393. The summed E-state index contributed by atoms with van der Waals surface area (Å²) in [6, 6.07) is 5.92. The molecule has 9 nitrogen and oxygen atoms in total. The smallest absolute Gasteiger partial charge is 0.321 e. The lowest BCUT2D eigenvalue weighted by atomic mass is 10.1. The average molecular weight is 364 g/mol. The number of aliphatic imine (C=N–C) groups is 1. The molecule has 1 atom stereocenters. The van der Waals surface area contributed by atoms with Crippen molar-refractivity contribution in [1.29, 1.82) is 0 Å². The van der Waals surface area contributed by atoms with Gasteiger partial charge in [-0.25, -0.2) is 4.79 Å². The molecule has 0 fully saturated rings. The normalized spacial score (nSPS) is 12.3. The number of hydrogen-bond acceptors (Lipinski definition) is 5. The van der Waals surface area contributed by atoms with E-state index in [-0.39, 0.29) is 23.7 Å². The molecule has 0 saturated carbocycles. The lowest BCUT2D eigenvalue weighted by Gasteiger charge is -2.15. The number of amides is 3. The fourth-order valence-corrected chi connectivity index (χ4v) is 2.19. The van der Waals surface area contributed by atoms with Crippen molar-refractivity contribution < 1.29 is 14.7 Å². The number of likely N-dealkylation sites (N-methyl/N-ethyl adjacent to an activating group) is 1. The van der Waals surface area contributed by atoms with Crippen LogP contribution in [0.25, 0.3) is 0 Å². The number of phenolic OH excluding ortho intramolecular Hbond substituents is 1. The van der Waals surface area contributed by atoms with Crippen LogP contribution in [0.5, 0.6) is 5.75 Å². The van der Waals surface area contributed by atoms with Gasteiger partial charge >= 0.3 is 6.03 Å². The van der Waals surface area contributed by atoms with Crippen LogP contribution in [-0.2, 0) is 11.3 Å². The van der Waals surface area contributed by atoms with Gasteiger partial charge < -0.3 is 26.8 Å². The molecule has 0 spiro atoms. The Morgan fingerprint density at radius 2 is 1.92 bits per heavy atom. The Morgan fingerprint density at radius 3 is 2.54 bits per heavy atom. The van der Waals surface area contributed by atoms with Crippen molar-refractivity contribution in [3.05, 3.63) is 29.8 Å². The van der Waals surface area contributed by atoms with Crippen LogP contribution in [0.1, 0.15) is 25.3 Å². The lowest BCUT2D eigenvalue weighted by Crippen LogP contribution is -2.43. The zero-order valence-electron chi connectivity index (χ0n) is 15.2. The first-order chi connectivity index (χ1) is 12.5. The molecule has 0 aromatic heterocycles. The van der Waals surface area contributed by atoms with Crippen LogP contribution in [0.2, 0.25) is 0 Å². The highest BCUT2D eigenvalue weighted by Crippen LogP contribution is 2.09. The van der Waals surface area contributed by atoms with Gasteiger partial charge in [-0.2, -0.15) is 0 Å². The Hall–Kier alpha value is -2.81. The lowest BCUT2D eigenvalue weighted by molar-refractivity contribution is -0.123. The summed E-state index contributed by atoms with van der Waals surface area (Å²) in [6.07, 6.45) is 1.21. The molecule has 0 aliphatic heterocycles. The van der Waals surface area contributed by atoms with Crippen molar-refractivity contribution in [3.8, 4) is 5.75 Å². The van der Waals surface area contributed by atoms with Gasteiger partial charge in [0.25, 0.3) is 0 Å². The third-order valence-electron chi connectivity index (χ3n) is 3.58. The highest BCUT2D eigenvalue weighted by Gasteiger charge is 2.15. The molecule has 0 bridgehead atoms. The van der Waals surface area contributed by atoms with Crippen molar-refractivity contribution in [2.24, 2.45) is 10.7 Å². The number of nitrogens with two attached hydrogens (primary N) is 1. The van der Waals surface area contributed by atoms with Crippen molar-refractivity contribution in [2.75, 3.05) is 20.1 Å². The standard InChI is InChI=1S/C17H28N6O3/c1-3-20-17(26)23-16(18)21-10-4-5-14(19-2)15(25)22-11-12-6-8-13(24)9-7-12/h6-9,14,19,24H,3-5,10-11H2,1-2H3,(H,22,25)(H4,18,20,21,23,26). The zero-order chi connectivity index (χ0) is 19.4. The van der Waals surface area contributed by atoms with E-state index in [1.54, 1.807) is 38.2 Å². The number of rotatable bonds is 9. The number of nitrogens with zero attached hydrogens (tertiary/aromatic N) is 1. The van der Waals surface area contributed by atoms with Crippen LogP contribution in [0, 0.1) is 0 Å². The average Bonchev–Trinajstić information content (AvgIpc) is 2.61. The molecule has 9 heteroatoms. The number of guanidine groups is 1. The van der Waals surface area contributed by atoms with Gasteiger partial charge in [-0.1, -0.05) is 12.1 Å². The number of carbonyl (C=O) groups excluding carboxylic acids is 2. The van der Waals surface area contributed by atoms with E-state index in [0.29, 0.717) is 32.5 Å². The number of aromatic hydroxyl groups is 1. The van der Waals surface area contributed by atoms with E-state index < -0.39 is 6.03 Å². The molecule has 7 N–H and O–H groups in total. The number of phenols is 1. The summed E-state index contributed by atoms with van der Waals surface area (Å²) >= 11 is 0. The van der Waals surface area contributed by atoms with E-state index >= 15 is 0 Å². The molecule has 144 valence electrons. The number of nitrogens with one attached hydrogen (secondary N) is 4. The molecule has 0 saturated heterocycles. The summed E-state index contributed by atoms with van der Waals surface area (Å²) in [5.74, 6) is 0.126. The number of urea groups is 1. The van der Waals surface area contributed by atoms with Gasteiger partial charge in [0.15, 0.2) is 5.96 Å². The Kier molecular flexibility index (Phi) is 9.55. The molecule has 0 aliphatic rings. The second-order valence-corrected chi connectivity index (χ2v) is 5.62. The summed E-state index contributed by atoms with van der Waals surface area (Å²) < 4.78 is 0. The maximum absolute atomic E-state index is 12.2. The predicted molar refractivity (Wildman–Crippen MR) is 101 cm³/mol. The molecule has 1 aromatic rings. The van der Waals surface area contributed by atoms with E-state index in [1.165, 1.54) is 0 Å². The van der Waals surface area contributed by atoms with Crippen LogP contribution in [-0.4, -0.2) is 49.2 Å². The van der Waals surface area contributed by atoms with E-state index in [9.17, 15) is 14.7 Å². The van der Waals surface area contributed by atoms with E-state index in [0.717, 1.165) is 5.56 Å². The first-order valence-electron chi connectivity index (χ1n) is 8.54. The molecule has 26 heavy (non-hydrogen) atoms. The van der Waals surface area contributed by atoms with Crippen molar-refractivity contribution >= 4 is 17.9 Å². The molecule has 0 heterocycles. The number of carbonyl (C=O) groups is 2. The quantitative estimate of drug-likeness (QED) is 0.208. The summed E-state index contributed by atoms with van der Waals surface area (Å²) in [5, 5.41) is 20.0. The number of benzene rings is 1. The van der Waals surface area contributed by atoms with Crippen LogP contribution in [0.3, 0.4) is 0 Å². The highest BCUT2D eigenvalue weighted by molar-refractivity contribution is 5.95. The SMILES string of the molecule is CCNC(=O)NC(N)=NCCCC(NC)C(=O)NCc1ccc(O)cc1. The maximum atomic E-state index is 12.2. The maximum Gasteiger partial charge on any atom is 0.321 e.